The zero-order chi connectivity index (χ0) is 18.5. The largest absolute Gasteiger partial charge is 0.357 e. The van der Waals surface area contributed by atoms with Gasteiger partial charge in [0.05, 0.1) is 10.9 Å². The maximum atomic E-state index is 12.2. The third kappa shape index (κ3) is 7.00. The second-order valence-corrected chi connectivity index (χ2v) is 8.68. The highest BCUT2D eigenvalue weighted by Gasteiger charge is 2.22. The predicted octanol–water partition coefficient (Wildman–Crippen LogP) is 1.30. The molecule has 0 saturated heterocycles. The highest BCUT2D eigenvalue weighted by atomic mass is 35.5. The van der Waals surface area contributed by atoms with Crippen molar-refractivity contribution in [2.24, 2.45) is 0 Å². The molecule has 0 unspecified atom stereocenters. The van der Waals surface area contributed by atoms with E-state index >= 15 is 0 Å². The number of thiocarbonyl (C=S) groups is 1. The molecule has 0 spiro atoms. The molecule has 1 amide bonds. The minimum Gasteiger partial charge on any atom is -0.357 e. The summed E-state index contributed by atoms with van der Waals surface area (Å²) < 4.78 is 26.7. The normalized spacial score (nSPS) is 13.0. The predicted molar refractivity (Wildman–Crippen MR) is 98.0 cm³/mol. The summed E-state index contributed by atoms with van der Waals surface area (Å²) in [5, 5.41) is 3.46. The van der Waals surface area contributed by atoms with Crippen molar-refractivity contribution in [3.05, 3.63) is 29.3 Å². The van der Waals surface area contributed by atoms with Gasteiger partial charge < -0.3 is 5.32 Å². The lowest BCUT2D eigenvalue weighted by Gasteiger charge is -2.23. The van der Waals surface area contributed by atoms with Crippen molar-refractivity contribution in [2.75, 3.05) is 0 Å². The lowest BCUT2D eigenvalue weighted by molar-refractivity contribution is -0.122. The van der Waals surface area contributed by atoms with Crippen molar-refractivity contribution in [3.8, 4) is 0 Å². The Labute approximate surface area is 152 Å². The summed E-state index contributed by atoms with van der Waals surface area (Å²) in [5.74, 6) is -0.585. The van der Waals surface area contributed by atoms with Crippen molar-refractivity contribution in [1.29, 1.82) is 0 Å². The molecule has 0 aliphatic heterocycles. The Morgan fingerprint density at radius 1 is 1.25 bits per heavy atom. The Hall–Kier alpha value is -1.42. The number of hydrazine groups is 1. The number of sulfonamides is 1. The molecule has 10 heteroatoms. The summed E-state index contributed by atoms with van der Waals surface area (Å²) in [4.78, 5) is 12.0. The zero-order valence-electron chi connectivity index (χ0n) is 13.8. The van der Waals surface area contributed by atoms with E-state index in [1.807, 2.05) is 20.8 Å². The number of halogens is 1. The Kier molecular flexibility index (Phi) is 6.97. The first kappa shape index (κ1) is 20.6. The third-order valence-electron chi connectivity index (χ3n) is 2.62. The summed E-state index contributed by atoms with van der Waals surface area (Å²) in [6, 6.07) is 4.75. The topological polar surface area (TPSA) is 99.3 Å². The van der Waals surface area contributed by atoms with Crippen molar-refractivity contribution in [2.45, 2.75) is 44.2 Å². The fourth-order valence-electron chi connectivity index (χ4n) is 1.59. The van der Waals surface area contributed by atoms with Gasteiger partial charge in [-0.05, 0) is 58.1 Å². The van der Waals surface area contributed by atoms with Gasteiger partial charge >= 0.3 is 0 Å². The van der Waals surface area contributed by atoms with Gasteiger partial charge in [-0.1, -0.05) is 17.7 Å². The smallest absolute Gasteiger partial charge is 0.256 e. The molecule has 0 aliphatic rings. The Balaban J connectivity index is 2.62. The summed E-state index contributed by atoms with van der Waals surface area (Å²) in [5.41, 5.74) is 4.59. The van der Waals surface area contributed by atoms with Gasteiger partial charge in [0.2, 0.25) is 10.0 Å². The summed E-state index contributed by atoms with van der Waals surface area (Å²) >= 11 is 10.8. The van der Waals surface area contributed by atoms with E-state index in [1.54, 1.807) is 6.07 Å². The first-order valence-electron chi connectivity index (χ1n) is 7.06. The molecule has 0 heterocycles. The van der Waals surface area contributed by atoms with Gasteiger partial charge in [-0.25, -0.2) is 8.42 Å². The first-order valence-corrected chi connectivity index (χ1v) is 9.33. The van der Waals surface area contributed by atoms with E-state index in [4.69, 9.17) is 23.8 Å². The minimum absolute atomic E-state index is 0.0208. The molecule has 7 nitrogen and oxygen atoms in total. The van der Waals surface area contributed by atoms with Crippen LogP contribution in [0, 0.1) is 0 Å². The van der Waals surface area contributed by atoms with Crippen LogP contribution in [-0.2, 0) is 14.8 Å². The van der Waals surface area contributed by atoms with Gasteiger partial charge in [0.1, 0.15) is 0 Å². The molecular weight excluding hydrogens is 372 g/mol. The van der Waals surface area contributed by atoms with E-state index in [0.29, 0.717) is 0 Å². The quantitative estimate of drug-likeness (QED) is 0.455. The van der Waals surface area contributed by atoms with Crippen LogP contribution in [0.5, 0.6) is 0 Å². The number of rotatable bonds is 4. The van der Waals surface area contributed by atoms with E-state index in [2.05, 4.69) is 20.9 Å². The molecular formula is C14H21ClN4O3S2. The molecule has 0 saturated carbocycles. The van der Waals surface area contributed by atoms with Crippen LogP contribution in [0.4, 0.5) is 0 Å². The summed E-state index contributed by atoms with van der Waals surface area (Å²) in [6.45, 7) is 7.14. The van der Waals surface area contributed by atoms with Crippen molar-refractivity contribution >= 4 is 44.9 Å². The number of benzene rings is 1. The molecule has 1 atom stereocenters. The number of amides is 1. The average molecular weight is 393 g/mol. The third-order valence-corrected chi connectivity index (χ3v) is 4.60. The maximum absolute atomic E-state index is 12.2. The Morgan fingerprint density at radius 2 is 1.88 bits per heavy atom. The average Bonchev–Trinajstić information content (AvgIpc) is 2.42. The van der Waals surface area contributed by atoms with Gasteiger partial charge in [-0.15, -0.1) is 0 Å². The Bertz CT molecular complexity index is 717. The second-order valence-electron chi connectivity index (χ2n) is 6.12. The van der Waals surface area contributed by atoms with E-state index in [0.717, 1.165) is 0 Å². The lowest BCUT2D eigenvalue weighted by atomic mass is 10.1. The summed E-state index contributed by atoms with van der Waals surface area (Å²) in [7, 11) is -3.87. The van der Waals surface area contributed by atoms with E-state index in [1.165, 1.54) is 25.1 Å². The van der Waals surface area contributed by atoms with Crippen LogP contribution in [0.3, 0.4) is 0 Å². The number of carbonyl (C=O) groups excluding carboxylic acids is 1. The molecule has 0 bridgehead atoms. The first-order chi connectivity index (χ1) is 10.9. The fourth-order valence-corrected chi connectivity index (χ4v) is 3.45. The molecule has 134 valence electrons. The number of hydrogen-bond acceptors (Lipinski definition) is 4. The van der Waals surface area contributed by atoms with Crippen molar-refractivity contribution in [1.82, 2.24) is 20.9 Å². The van der Waals surface area contributed by atoms with Gasteiger partial charge in [0, 0.05) is 10.6 Å². The van der Waals surface area contributed by atoms with Gasteiger partial charge in [-0.2, -0.15) is 4.72 Å². The fraction of sp³-hybridized carbons (Fsp3) is 0.429. The summed E-state index contributed by atoms with van der Waals surface area (Å²) in [6.07, 6.45) is 0. The molecule has 24 heavy (non-hydrogen) atoms. The molecule has 4 N–H and O–H groups in total. The lowest BCUT2D eigenvalue weighted by Crippen LogP contribution is -2.55. The molecule has 0 fully saturated rings. The van der Waals surface area contributed by atoms with Crippen LogP contribution in [0.2, 0.25) is 5.02 Å². The molecule has 1 aromatic carbocycles. The van der Waals surface area contributed by atoms with Crippen LogP contribution < -0.4 is 20.9 Å². The zero-order valence-corrected chi connectivity index (χ0v) is 16.2. The van der Waals surface area contributed by atoms with Crippen LogP contribution in [0.25, 0.3) is 0 Å². The molecule has 1 aromatic rings. The van der Waals surface area contributed by atoms with Crippen LogP contribution in [0.15, 0.2) is 29.2 Å². The molecule has 0 radical (unpaired) electrons. The highest BCUT2D eigenvalue weighted by molar-refractivity contribution is 7.89. The van der Waals surface area contributed by atoms with E-state index in [-0.39, 0.29) is 20.6 Å². The molecule has 0 aliphatic carbocycles. The Morgan fingerprint density at radius 3 is 2.42 bits per heavy atom. The van der Waals surface area contributed by atoms with Crippen LogP contribution in [0.1, 0.15) is 27.7 Å². The second kappa shape index (κ2) is 8.11. The van der Waals surface area contributed by atoms with Crippen molar-refractivity contribution < 1.29 is 13.2 Å². The highest BCUT2D eigenvalue weighted by Crippen LogP contribution is 2.15. The monoisotopic (exact) mass is 392 g/mol. The molecule has 0 aromatic heterocycles. The number of hydrogen-bond donors (Lipinski definition) is 4. The van der Waals surface area contributed by atoms with Gasteiger partial charge in [-0.3, -0.25) is 15.6 Å². The van der Waals surface area contributed by atoms with Gasteiger partial charge in [0.15, 0.2) is 5.11 Å². The van der Waals surface area contributed by atoms with Crippen molar-refractivity contribution in [3.63, 3.8) is 0 Å². The standard InChI is InChI=1S/C14H21ClN4O3S2/c1-9(12(20)17-18-13(23)16-14(2,3)4)19-24(21,22)11-7-5-6-10(15)8-11/h5-9,19H,1-4H3,(H,17,20)(H2,16,18,23)/t9-/m0/s1. The van der Waals surface area contributed by atoms with Crippen LogP contribution >= 0.6 is 23.8 Å². The minimum atomic E-state index is -3.87. The van der Waals surface area contributed by atoms with E-state index < -0.39 is 22.0 Å². The number of nitrogens with one attached hydrogen (secondary N) is 4. The molecule has 1 rings (SSSR count). The van der Waals surface area contributed by atoms with Gasteiger partial charge in [0.25, 0.3) is 5.91 Å². The maximum Gasteiger partial charge on any atom is 0.256 e. The number of carbonyl (C=O) groups is 1. The SMILES string of the molecule is C[C@H](NS(=O)(=O)c1cccc(Cl)c1)C(=O)NNC(=S)NC(C)(C)C. The van der Waals surface area contributed by atoms with E-state index in [9.17, 15) is 13.2 Å². The van der Waals surface area contributed by atoms with Crippen LogP contribution in [-0.4, -0.2) is 31.0 Å².